The molecule has 4 rings (SSSR count). The molecule has 0 spiro atoms. The normalized spacial score (nSPS) is 35.3. The molecule has 0 radical (unpaired) electrons. The topological polar surface area (TPSA) is 139 Å². The number of halogens is 1. The third-order valence-electron chi connectivity index (χ3n) is 7.07. The van der Waals surface area contributed by atoms with Crippen molar-refractivity contribution < 1.29 is 35.1 Å². The fourth-order valence-corrected chi connectivity index (χ4v) is 5.86. The second kappa shape index (κ2) is 6.56. The van der Waals surface area contributed by atoms with Gasteiger partial charge in [-0.15, -0.1) is 0 Å². The fraction of sp³-hybridized carbons (Fsp3) is 0.455. The number of carbonyl (C=O) groups excluding carboxylic acids is 2. The summed E-state index contributed by atoms with van der Waals surface area (Å²) in [7, 11) is 3.24. The predicted molar refractivity (Wildman–Crippen MR) is 112 cm³/mol. The standard InChI is InChI=1S/C22H24ClNO7/c1-8-17(26)16(24(3)4)10-7-9-13(20(29)22(10,31)19(8)28)18(27)14-12(25)6-5-11(23)15(14)21(9,2)30/h5-6,9-10,16,25,27-28,30-31H,7H2,1-4H3. The summed E-state index contributed by atoms with van der Waals surface area (Å²) in [6, 6.07) is 1.65. The van der Waals surface area contributed by atoms with Crippen LogP contribution in [0, 0.1) is 11.8 Å². The molecule has 5 unspecified atom stereocenters. The number of nitrogens with zero attached hydrogens (tertiary/aromatic N) is 1. The Morgan fingerprint density at radius 3 is 2.32 bits per heavy atom. The number of aromatic hydroxyl groups is 1. The van der Waals surface area contributed by atoms with Crippen LogP contribution < -0.4 is 0 Å². The summed E-state index contributed by atoms with van der Waals surface area (Å²) >= 11 is 6.29. The average Bonchev–Trinajstić information content (AvgIpc) is 2.68. The van der Waals surface area contributed by atoms with Crippen molar-refractivity contribution in [1.29, 1.82) is 0 Å². The van der Waals surface area contributed by atoms with Crippen molar-refractivity contribution in [1.82, 2.24) is 4.90 Å². The van der Waals surface area contributed by atoms with E-state index in [1.165, 1.54) is 26.0 Å². The van der Waals surface area contributed by atoms with Crippen molar-refractivity contribution in [3.63, 3.8) is 0 Å². The van der Waals surface area contributed by atoms with Crippen molar-refractivity contribution in [3.8, 4) is 5.75 Å². The van der Waals surface area contributed by atoms with E-state index in [-0.39, 0.29) is 33.7 Å². The third-order valence-corrected chi connectivity index (χ3v) is 7.38. The van der Waals surface area contributed by atoms with E-state index in [9.17, 15) is 35.1 Å². The molecule has 0 aliphatic heterocycles. The average molecular weight is 450 g/mol. The zero-order valence-corrected chi connectivity index (χ0v) is 18.2. The Morgan fingerprint density at radius 2 is 1.74 bits per heavy atom. The summed E-state index contributed by atoms with van der Waals surface area (Å²) in [5.74, 6) is -5.36. The molecule has 0 heterocycles. The van der Waals surface area contributed by atoms with Crippen LogP contribution in [0.15, 0.2) is 29.0 Å². The smallest absolute Gasteiger partial charge is 0.202 e. The van der Waals surface area contributed by atoms with E-state index in [2.05, 4.69) is 0 Å². The Kier molecular flexibility index (Phi) is 4.62. The number of aliphatic hydroxyl groups is 4. The molecule has 3 aliphatic rings. The SMILES string of the molecule is CC1=C(O)C2(O)C(=O)C3=C(O)c4c(O)ccc(Cl)c4C(C)(O)C3CC2C(N(C)C)C1=O. The predicted octanol–water partition coefficient (Wildman–Crippen LogP) is 1.82. The number of benzene rings is 1. The van der Waals surface area contributed by atoms with Crippen molar-refractivity contribution in [2.24, 2.45) is 11.8 Å². The number of fused-ring (bicyclic) bond motifs is 3. The van der Waals surface area contributed by atoms with Gasteiger partial charge < -0.3 is 25.5 Å². The van der Waals surface area contributed by atoms with E-state index in [4.69, 9.17) is 11.6 Å². The van der Waals surface area contributed by atoms with Crippen LogP contribution in [0.3, 0.4) is 0 Å². The Hall–Kier alpha value is -2.39. The summed E-state index contributed by atoms with van der Waals surface area (Å²) < 4.78 is 0. The molecule has 166 valence electrons. The second-order valence-electron chi connectivity index (χ2n) is 8.96. The van der Waals surface area contributed by atoms with Gasteiger partial charge >= 0.3 is 0 Å². The van der Waals surface area contributed by atoms with Gasteiger partial charge in [0.05, 0.1) is 17.2 Å². The number of ketones is 2. The van der Waals surface area contributed by atoms with Crippen molar-refractivity contribution in [2.45, 2.75) is 37.5 Å². The van der Waals surface area contributed by atoms with Gasteiger partial charge in [-0.05, 0) is 46.5 Å². The first kappa shape index (κ1) is 21.8. The van der Waals surface area contributed by atoms with Crippen LogP contribution in [0.25, 0.3) is 5.76 Å². The van der Waals surface area contributed by atoms with Gasteiger partial charge in [0.2, 0.25) is 5.78 Å². The number of Topliss-reactive ketones (excluding diaryl/α,β-unsaturated/α-hetero) is 2. The molecule has 5 atom stereocenters. The molecule has 0 saturated heterocycles. The summed E-state index contributed by atoms with van der Waals surface area (Å²) in [6.07, 6.45) is -0.105. The lowest BCUT2D eigenvalue weighted by molar-refractivity contribution is -0.158. The van der Waals surface area contributed by atoms with Crippen LogP contribution in [0.5, 0.6) is 5.75 Å². The molecule has 8 nitrogen and oxygen atoms in total. The fourth-order valence-electron chi connectivity index (χ4n) is 5.51. The number of carbonyl (C=O) groups is 2. The molecule has 0 aromatic heterocycles. The first-order valence-electron chi connectivity index (χ1n) is 9.83. The van der Waals surface area contributed by atoms with Gasteiger partial charge in [-0.25, -0.2) is 0 Å². The highest BCUT2D eigenvalue weighted by Crippen LogP contribution is 2.58. The summed E-state index contributed by atoms with van der Waals surface area (Å²) in [5.41, 5.74) is -4.88. The molecule has 9 heteroatoms. The van der Waals surface area contributed by atoms with Crippen molar-refractivity contribution in [2.75, 3.05) is 14.1 Å². The zero-order valence-electron chi connectivity index (χ0n) is 17.5. The quantitative estimate of drug-likeness (QED) is 0.437. The van der Waals surface area contributed by atoms with Crippen LogP contribution >= 0.6 is 11.6 Å². The van der Waals surface area contributed by atoms with Gasteiger partial charge in [0.1, 0.15) is 17.3 Å². The maximum absolute atomic E-state index is 13.6. The third kappa shape index (κ3) is 2.53. The first-order chi connectivity index (χ1) is 14.3. The summed E-state index contributed by atoms with van der Waals surface area (Å²) in [6.45, 7) is 2.73. The second-order valence-corrected chi connectivity index (χ2v) is 9.37. The molecule has 0 amide bonds. The van der Waals surface area contributed by atoms with Crippen LogP contribution in [0.1, 0.15) is 31.4 Å². The number of phenols is 1. The van der Waals surface area contributed by atoms with E-state index in [1.54, 1.807) is 19.0 Å². The van der Waals surface area contributed by atoms with Crippen LogP contribution in [0.4, 0.5) is 0 Å². The molecule has 1 saturated carbocycles. The minimum absolute atomic E-state index is 0.0538. The molecular weight excluding hydrogens is 426 g/mol. The Bertz CT molecular complexity index is 1100. The first-order valence-corrected chi connectivity index (χ1v) is 10.2. The Morgan fingerprint density at radius 1 is 1.13 bits per heavy atom. The number of hydrogen-bond acceptors (Lipinski definition) is 8. The highest BCUT2D eigenvalue weighted by Gasteiger charge is 2.65. The van der Waals surface area contributed by atoms with E-state index >= 15 is 0 Å². The minimum Gasteiger partial charge on any atom is -0.508 e. The summed E-state index contributed by atoms with van der Waals surface area (Å²) in [5, 5.41) is 55.1. The van der Waals surface area contributed by atoms with Gasteiger partial charge in [-0.2, -0.15) is 0 Å². The largest absolute Gasteiger partial charge is 0.508 e. The molecule has 1 aromatic carbocycles. The number of hydrogen-bond donors (Lipinski definition) is 5. The molecule has 1 aromatic rings. The van der Waals surface area contributed by atoms with E-state index in [0.717, 1.165) is 0 Å². The molecule has 1 fully saturated rings. The molecule has 5 N–H and O–H groups in total. The van der Waals surface area contributed by atoms with Crippen molar-refractivity contribution >= 4 is 28.9 Å². The number of aliphatic hydroxyl groups excluding tert-OH is 2. The van der Waals surface area contributed by atoms with Crippen LogP contribution in [-0.4, -0.2) is 67.7 Å². The van der Waals surface area contributed by atoms with Gasteiger partial charge in [0, 0.05) is 33.6 Å². The maximum Gasteiger partial charge on any atom is 0.202 e. The Labute approximate surface area is 183 Å². The lowest BCUT2D eigenvalue weighted by atomic mass is 9.54. The molecule has 0 bridgehead atoms. The van der Waals surface area contributed by atoms with Gasteiger partial charge in [0.15, 0.2) is 11.4 Å². The van der Waals surface area contributed by atoms with E-state index in [0.29, 0.717) is 0 Å². The molecule has 31 heavy (non-hydrogen) atoms. The van der Waals surface area contributed by atoms with E-state index in [1.807, 2.05) is 0 Å². The van der Waals surface area contributed by atoms with Crippen LogP contribution in [0.2, 0.25) is 5.02 Å². The maximum atomic E-state index is 13.6. The number of rotatable bonds is 1. The molecule has 3 aliphatic carbocycles. The van der Waals surface area contributed by atoms with Gasteiger partial charge in [-0.1, -0.05) is 11.6 Å². The monoisotopic (exact) mass is 449 g/mol. The van der Waals surface area contributed by atoms with E-state index < -0.39 is 57.9 Å². The summed E-state index contributed by atoms with van der Waals surface area (Å²) in [4.78, 5) is 28.1. The van der Waals surface area contributed by atoms with Gasteiger partial charge in [0.25, 0.3) is 0 Å². The zero-order chi connectivity index (χ0) is 23.2. The number of likely N-dealkylation sites (N-methyl/N-ethyl adjacent to an activating group) is 1. The molecular formula is C22H24ClNO7. The van der Waals surface area contributed by atoms with Crippen molar-refractivity contribution in [3.05, 3.63) is 45.2 Å². The lowest BCUT2D eigenvalue weighted by Crippen LogP contribution is -2.66. The highest BCUT2D eigenvalue weighted by molar-refractivity contribution is 6.32. The van der Waals surface area contributed by atoms with Gasteiger partial charge in [-0.3, -0.25) is 14.5 Å². The minimum atomic E-state index is -2.46. The van der Waals surface area contributed by atoms with Crippen LogP contribution in [-0.2, 0) is 15.2 Å². The number of phenolic OH excluding ortho intramolecular Hbond substituents is 1. The lowest BCUT2D eigenvalue weighted by Gasteiger charge is -2.53. The highest BCUT2D eigenvalue weighted by atomic mass is 35.5. The Balaban J connectivity index is 2.05.